The van der Waals surface area contributed by atoms with Gasteiger partial charge in [-0.1, -0.05) is 23.7 Å². The van der Waals surface area contributed by atoms with Gasteiger partial charge in [0.2, 0.25) is 0 Å². The number of nitrogens with zero attached hydrogens (tertiary/aromatic N) is 3. The number of aromatic nitrogens is 2. The van der Waals surface area contributed by atoms with Crippen molar-refractivity contribution in [3.63, 3.8) is 0 Å². The third-order valence-corrected chi connectivity index (χ3v) is 5.05. The van der Waals surface area contributed by atoms with Gasteiger partial charge < -0.3 is 10.0 Å². The fourth-order valence-corrected chi connectivity index (χ4v) is 3.78. The lowest BCUT2D eigenvalue weighted by atomic mass is 9.75. The van der Waals surface area contributed by atoms with E-state index in [4.69, 9.17) is 11.6 Å². The van der Waals surface area contributed by atoms with Crippen LogP contribution in [0.2, 0.25) is 5.02 Å². The molecule has 132 valence electrons. The van der Waals surface area contributed by atoms with Crippen molar-refractivity contribution in [3.05, 3.63) is 52.4 Å². The average molecular weight is 360 g/mol. The molecule has 0 saturated carbocycles. The van der Waals surface area contributed by atoms with E-state index in [1.165, 1.54) is 0 Å². The van der Waals surface area contributed by atoms with Gasteiger partial charge in [-0.25, -0.2) is 4.98 Å². The number of rotatable bonds is 4. The molecule has 1 aromatic heterocycles. The molecule has 2 aromatic rings. The molecular weight excluding hydrogens is 338 g/mol. The molecule has 0 unspecified atom stereocenters. The monoisotopic (exact) mass is 359 g/mol. The van der Waals surface area contributed by atoms with Gasteiger partial charge in [0.05, 0.1) is 16.8 Å². The maximum atomic E-state index is 12.2. The summed E-state index contributed by atoms with van der Waals surface area (Å²) in [7, 11) is 0. The van der Waals surface area contributed by atoms with E-state index in [9.17, 15) is 9.90 Å². The lowest BCUT2D eigenvalue weighted by Crippen LogP contribution is -2.49. The molecule has 1 aromatic carbocycles. The number of hydrogen-bond acceptors (Lipinski definition) is 4. The summed E-state index contributed by atoms with van der Waals surface area (Å²) in [6, 6.07) is 7.46. The van der Waals surface area contributed by atoms with Crippen molar-refractivity contribution >= 4 is 23.4 Å². The van der Waals surface area contributed by atoms with E-state index in [-0.39, 0.29) is 0 Å². The van der Waals surface area contributed by atoms with Crippen LogP contribution in [0.1, 0.15) is 29.8 Å². The molecule has 0 aliphatic carbocycles. The maximum Gasteiger partial charge on any atom is 0.311 e. The molecule has 3 rings (SSSR count). The zero-order chi connectivity index (χ0) is 18.0. The smallest absolute Gasteiger partial charge is 0.311 e. The van der Waals surface area contributed by atoms with Crippen molar-refractivity contribution in [2.75, 3.05) is 18.0 Å². The molecule has 0 spiro atoms. The predicted octanol–water partition coefficient (Wildman–Crippen LogP) is 3.66. The SMILES string of the molecule is Cc1cnc(C)c(N2CCC[C@](Cc3cccc(Cl)c3)(C(=O)O)C2)n1. The molecular formula is C19H22ClN3O2. The van der Waals surface area contributed by atoms with Crippen LogP contribution in [0.25, 0.3) is 0 Å². The molecule has 0 bridgehead atoms. The summed E-state index contributed by atoms with van der Waals surface area (Å²) < 4.78 is 0. The van der Waals surface area contributed by atoms with Crippen LogP contribution < -0.4 is 4.90 Å². The second kappa shape index (κ2) is 7.00. The molecule has 1 fully saturated rings. The van der Waals surface area contributed by atoms with E-state index in [1.54, 1.807) is 12.3 Å². The maximum absolute atomic E-state index is 12.2. The van der Waals surface area contributed by atoms with Crippen molar-refractivity contribution in [2.24, 2.45) is 5.41 Å². The number of anilines is 1. The van der Waals surface area contributed by atoms with Crippen LogP contribution in [0.4, 0.5) is 5.82 Å². The first-order valence-corrected chi connectivity index (χ1v) is 8.80. The highest BCUT2D eigenvalue weighted by atomic mass is 35.5. The van der Waals surface area contributed by atoms with Gasteiger partial charge in [0.25, 0.3) is 0 Å². The summed E-state index contributed by atoms with van der Waals surface area (Å²) in [5.74, 6) is 0.0202. The number of aliphatic carboxylic acids is 1. The molecule has 1 aliphatic heterocycles. The van der Waals surface area contributed by atoms with Crippen LogP contribution in [-0.2, 0) is 11.2 Å². The molecule has 6 heteroatoms. The Hall–Kier alpha value is -2.14. The number of carbonyl (C=O) groups is 1. The van der Waals surface area contributed by atoms with E-state index < -0.39 is 11.4 Å². The first-order chi connectivity index (χ1) is 11.9. The lowest BCUT2D eigenvalue weighted by Gasteiger charge is -2.41. The van der Waals surface area contributed by atoms with Crippen molar-refractivity contribution in [1.29, 1.82) is 0 Å². The standard InChI is InChI=1S/C19H22ClN3O2/c1-13-11-21-14(2)17(22-13)23-8-4-7-19(12-23,18(24)25)10-15-5-3-6-16(20)9-15/h3,5-6,9,11H,4,7-8,10,12H2,1-2H3,(H,24,25)/t19-/m1/s1. The van der Waals surface area contributed by atoms with Crippen molar-refractivity contribution in [3.8, 4) is 0 Å². The number of piperidine rings is 1. The van der Waals surface area contributed by atoms with Crippen LogP contribution in [0.5, 0.6) is 0 Å². The zero-order valence-electron chi connectivity index (χ0n) is 14.5. The summed E-state index contributed by atoms with van der Waals surface area (Å²) in [5.41, 5.74) is 1.76. The summed E-state index contributed by atoms with van der Waals surface area (Å²) in [5, 5.41) is 10.6. The molecule has 1 aliphatic rings. The summed E-state index contributed by atoms with van der Waals surface area (Å²) in [4.78, 5) is 23.2. The second-order valence-electron chi connectivity index (χ2n) is 6.84. The van der Waals surface area contributed by atoms with Gasteiger partial charge >= 0.3 is 5.97 Å². The van der Waals surface area contributed by atoms with Crippen molar-refractivity contribution < 1.29 is 9.90 Å². The van der Waals surface area contributed by atoms with Gasteiger partial charge in [0, 0.05) is 24.3 Å². The number of aryl methyl sites for hydroxylation is 2. The van der Waals surface area contributed by atoms with Crippen LogP contribution in [0.15, 0.2) is 30.5 Å². The highest BCUT2D eigenvalue weighted by Gasteiger charge is 2.43. The summed E-state index contributed by atoms with van der Waals surface area (Å²) in [6.07, 6.45) is 3.64. The molecule has 1 atom stereocenters. The minimum Gasteiger partial charge on any atom is -0.481 e. The summed E-state index contributed by atoms with van der Waals surface area (Å²) >= 11 is 6.07. The molecule has 0 amide bonds. The lowest BCUT2D eigenvalue weighted by molar-refractivity contribution is -0.149. The molecule has 0 radical (unpaired) electrons. The first-order valence-electron chi connectivity index (χ1n) is 8.43. The van der Waals surface area contributed by atoms with Crippen LogP contribution in [-0.4, -0.2) is 34.1 Å². The van der Waals surface area contributed by atoms with Gasteiger partial charge in [-0.05, 0) is 50.8 Å². The normalized spacial score (nSPS) is 20.5. The molecule has 25 heavy (non-hydrogen) atoms. The van der Waals surface area contributed by atoms with Crippen LogP contribution >= 0.6 is 11.6 Å². The molecule has 1 N–H and O–H groups in total. The Morgan fingerprint density at radius 1 is 1.40 bits per heavy atom. The Kier molecular flexibility index (Phi) is 4.95. The third-order valence-electron chi connectivity index (χ3n) is 4.81. The topological polar surface area (TPSA) is 66.3 Å². The number of carboxylic acid groups (broad SMARTS) is 1. The number of halogens is 1. The highest BCUT2D eigenvalue weighted by molar-refractivity contribution is 6.30. The zero-order valence-corrected chi connectivity index (χ0v) is 15.3. The van der Waals surface area contributed by atoms with E-state index in [1.807, 2.05) is 32.0 Å². The third kappa shape index (κ3) is 3.76. The fourth-order valence-electron chi connectivity index (χ4n) is 3.57. The Morgan fingerprint density at radius 3 is 2.92 bits per heavy atom. The van der Waals surface area contributed by atoms with Gasteiger partial charge in [-0.2, -0.15) is 0 Å². The van der Waals surface area contributed by atoms with Gasteiger partial charge in [0.15, 0.2) is 0 Å². The van der Waals surface area contributed by atoms with Gasteiger partial charge in [-0.3, -0.25) is 9.78 Å². The van der Waals surface area contributed by atoms with E-state index >= 15 is 0 Å². The Morgan fingerprint density at radius 2 is 2.20 bits per heavy atom. The van der Waals surface area contributed by atoms with Crippen LogP contribution in [0.3, 0.4) is 0 Å². The fraction of sp³-hybridized carbons (Fsp3) is 0.421. The Bertz CT molecular complexity index is 796. The Balaban J connectivity index is 1.91. The molecule has 1 saturated heterocycles. The molecule has 2 heterocycles. The van der Waals surface area contributed by atoms with Gasteiger partial charge in [-0.15, -0.1) is 0 Å². The van der Waals surface area contributed by atoms with E-state index in [0.29, 0.717) is 24.4 Å². The highest BCUT2D eigenvalue weighted by Crippen LogP contribution is 2.36. The molecule has 5 nitrogen and oxygen atoms in total. The van der Waals surface area contributed by atoms with Gasteiger partial charge in [0.1, 0.15) is 5.82 Å². The largest absolute Gasteiger partial charge is 0.481 e. The minimum absolute atomic E-state index is 0.424. The van der Waals surface area contributed by atoms with E-state index in [2.05, 4.69) is 14.9 Å². The predicted molar refractivity (Wildman–Crippen MR) is 98.2 cm³/mol. The van der Waals surface area contributed by atoms with Crippen molar-refractivity contribution in [1.82, 2.24) is 9.97 Å². The second-order valence-corrected chi connectivity index (χ2v) is 7.27. The van der Waals surface area contributed by atoms with Crippen LogP contribution in [0, 0.1) is 19.3 Å². The summed E-state index contributed by atoms with van der Waals surface area (Å²) in [6.45, 7) is 5.03. The minimum atomic E-state index is -0.846. The Labute approximate surface area is 152 Å². The number of benzene rings is 1. The average Bonchev–Trinajstić information content (AvgIpc) is 2.57. The first kappa shape index (κ1) is 17.7. The quantitative estimate of drug-likeness (QED) is 0.902. The van der Waals surface area contributed by atoms with Crippen molar-refractivity contribution in [2.45, 2.75) is 33.1 Å². The number of hydrogen-bond donors (Lipinski definition) is 1. The van der Waals surface area contributed by atoms with E-state index in [0.717, 1.165) is 35.7 Å². The number of carboxylic acids is 1.